The molecule has 0 aromatic heterocycles. The molecule has 3 rings (SSSR count). The van der Waals surface area contributed by atoms with Gasteiger partial charge in [-0.05, 0) is 43.7 Å². The molecule has 3 heteroatoms. The van der Waals surface area contributed by atoms with Crippen LogP contribution in [0.25, 0.3) is 0 Å². The molecule has 0 saturated heterocycles. The van der Waals surface area contributed by atoms with Gasteiger partial charge in [0.25, 0.3) is 0 Å². The van der Waals surface area contributed by atoms with Crippen molar-refractivity contribution >= 4 is 6.09 Å². The Kier molecular flexibility index (Phi) is 4.24. The van der Waals surface area contributed by atoms with Crippen LogP contribution < -0.4 is 4.74 Å². The summed E-state index contributed by atoms with van der Waals surface area (Å²) in [7, 11) is 0. The molecular weight excluding hydrogens is 250 g/mol. The summed E-state index contributed by atoms with van der Waals surface area (Å²) in [6.45, 7) is 0.885. The van der Waals surface area contributed by atoms with Crippen molar-refractivity contribution in [2.24, 2.45) is 5.92 Å². The third kappa shape index (κ3) is 3.53. The lowest BCUT2D eigenvalue weighted by Crippen LogP contribution is -2.39. The summed E-state index contributed by atoms with van der Waals surface area (Å²) in [6.07, 6.45) is 8.63. The molecule has 2 saturated carbocycles. The van der Waals surface area contributed by atoms with Crippen LogP contribution in [-0.2, 0) is 0 Å². The number of hydrogen-bond acceptors (Lipinski definition) is 2. The largest absolute Gasteiger partial charge is 0.415 e. The van der Waals surface area contributed by atoms with Crippen molar-refractivity contribution in [3.05, 3.63) is 30.3 Å². The van der Waals surface area contributed by atoms with Gasteiger partial charge < -0.3 is 9.64 Å². The average Bonchev–Trinajstić information content (AvgIpc) is 3.31. The Labute approximate surface area is 120 Å². The predicted octanol–water partition coefficient (Wildman–Crippen LogP) is 4.23. The second kappa shape index (κ2) is 6.29. The molecule has 0 radical (unpaired) electrons. The molecule has 2 fully saturated rings. The smallest absolute Gasteiger partial charge is 0.410 e. The fraction of sp³-hybridized carbons (Fsp3) is 0.588. The van der Waals surface area contributed by atoms with Gasteiger partial charge >= 0.3 is 6.09 Å². The number of amides is 1. The molecule has 1 aromatic rings. The second-order valence-electron chi connectivity index (χ2n) is 6.07. The van der Waals surface area contributed by atoms with E-state index in [0.29, 0.717) is 17.7 Å². The van der Waals surface area contributed by atoms with E-state index in [1.165, 1.54) is 32.1 Å². The molecule has 0 spiro atoms. The number of hydrogen-bond donors (Lipinski definition) is 0. The molecule has 0 N–H and O–H groups in total. The first-order valence-electron chi connectivity index (χ1n) is 7.86. The lowest BCUT2D eigenvalue weighted by molar-refractivity contribution is 0.134. The monoisotopic (exact) mass is 273 g/mol. The standard InChI is InChI=1S/C17H23NO2/c19-17(20-16-9-5-2-6-10-16)18(15-11-12-15)13-14-7-3-1-4-8-14/h2,5-6,9-10,14-15H,1,3-4,7-8,11-13H2. The summed E-state index contributed by atoms with van der Waals surface area (Å²) in [5.74, 6) is 1.32. The van der Waals surface area contributed by atoms with E-state index in [0.717, 1.165) is 19.4 Å². The van der Waals surface area contributed by atoms with Crippen molar-refractivity contribution < 1.29 is 9.53 Å². The Bertz CT molecular complexity index is 436. The van der Waals surface area contributed by atoms with Gasteiger partial charge in [-0.3, -0.25) is 0 Å². The Morgan fingerprint density at radius 2 is 1.75 bits per heavy atom. The highest BCUT2D eigenvalue weighted by atomic mass is 16.6. The normalized spacial score (nSPS) is 19.6. The fourth-order valence-corrected chi connectivity index (χ4v) is 3.05. The predicted molar refractivity (Wildman–Crippen MR) is 78.8 cm³/mol. The van der Waals surface area contributed by atoms with Crippen LogP contribution in [0.3, 0.4) is 0 Å². The lowest BCUT2D eigenvalue weighted by atomic mass is 9.89. The highest BCUT2D eigenvalue weighted by molar-refractivity contribution is 5.71. The maximum atomic E-state index is 12.4. The molecule has 2 aliphatic carbocycles. The molecule has 0 aliphatic heterocycles. The first kappa shape index (κ1) is 13.5. The van der Waals surface area contributed by atoms with Crippen molar-refractivity contribution in [1.82, 2.24) is 4.90 Å². The lowest BCUT2D eigenvalue weighted by Gasteiger charge is -2.29. The van der Waals surface area contributed by atoms with Crippen molar-refractivity contribution in [3.8, 4) is 5.75 Å². The highest BCUT2D eigenvalue weighted by Gasteiger charge is 2.35. The minimum Gasteiger partial charge on any atom is -0.410 e. The van der Waals surface area contributed by atoms with E-state index in [-0.39, 0.29) is 6.09 Å². The zero-order valence-electron chi connectivity index (χ0n) is 12.0. The van der Waals surface area contributed by atoms with E-state index in [9.17, 15) is 4.79 Å². The molecule has 2 aliphatic rings. The number of carbonyl (C=O) groups is 1. The fourth-order valence-electron chi connectivity index (χ4n) is 3.05. The van der Waals surface area contributed by atoms with E-state index < -0.39 is 0 Å². The summed E-state index contributed by atoms with van der Waals surface area (Å²) in [6, 6.07) is 9.81. The maximum Gasteiger partial charge on any atom is 0.415 e. The Morgan fingerprint density at radius 1 is 1.05 bits per heavy atom. The summed E-state index contributed by atoms with van der Waals surface area (Å²) >= 11 is 0. The summed E-state index contributed by atoms with van der Waals surface area (Å²) in [5, 5.41) is 0. The summed E-state index contributed by atoms with van der Waals surface area (Å²) < 4.78 is 5.51. The SMILES string of the molecule is O=C(Oc1ccccc1)N(CC1CCCCC1)C1CC1. The van der Waals surface area contributed by atoms with E-state index in [2.05, 4.69) is 0 Å². The molecule has 0 bridgehead atoms. The maximum absolute atomic E-state index is 12.4. The Morgan fingerprint density at radius 3 is 2.40 bits per heavy atom. The topological polar surface area (TPSA) is 29.5 Å². The molecule has 1 aromatic carbocycles. The average molecular weight is 273 g/mol. The van der Waals surface area contributed by atoms with Crippen molar-refractivity contribution in [2.75, 3.05) is 6.54 Å². The van der Waals surface area contributed by atoms with Crippen LogP contribution in [0.2, 0.25) is 0 Å². The number of nitrogens with zero attached hydrogens (tertiary/aromatic N) is 1. The third-order valence-electron chi connectivity index (χ3n) is 4.35. The molecule has 0 unspecified atom stereocenters. The quantitative estimate of drug-likeness (QED) is 0.821. The molecule has 0 heterocycles. The number of para-hydroxylation sites is 1. The van der Waals surface area contributed by atoms with Crippen LogP contribution in [-0.4, -0.2) is 23.6 Å². The van der Waals surface area contributed by atoms with E-state index in [4.69, 9.17) is 4.74 Å². The first-order valence-corrected chi connectivity index (χ1v) is 7.86. The van der Waals surface area contributed by atoms with Crippen LogP contribution in [0.1, 0.15) is 44.9 Å². The van der Waals surface area contributed by atoms with Gasteiger partial charge in [0.15, 0.2) is 0 Å². The summed E-state index contributed by atoms with van der Waals surface area (Å²) in [4.78, 5) is 14.3. The molecule has 108 valence electrons. The number of benzene rings is 1. The van der Waals surface area contributed by atoms with Crippen molar-refractivity contribution in [2.45, 2.75) is 51.0 Å². The minimum absolute atomic E-state index is 0.163. The number of ether oxygens (including phenoxy) is 1. The van der Waals surface area contributed by atoms with Gasteiger partial charge in [-0.1, -0.05) is 37.5 Å². The molecule has 0 atom stereocenters. The summed E-state index contributed by atoms with van der Waals surface area (Å²) in [5.41, 5.74) is 0. The van der Waals surface area contributed by atoms with Gasteiger partial charge in [0, 0.05) is 12.6 Å². The van der Waals surface area contributed by atoms with Gasteiger partial charge in [0.1, 0.15) is 5.75 Å². The molecule has 1 amide bonds. The van der Waals surface area contributed by atoms with E-state index >= 15 is 0 Å². The van der Waals surface area contributed by atoms with E-state index in [1.807, 2.05) is 35.2 Å². The first-order chi connectivity index (χ1) is 9.83. The Hall–Kier alpha value is -1.51. The van der Waals surface area contributed by atoms with Crippen LogP contribution >= 0.6 is 0 Å². The van der Waals surface area contributed by atoms with Gasteiger partial charge in [-0.25, -0.2) is 4.79 Å². The van der Waals surface area contributed by atoms with Crippen molar-refractivity contribution in [3.63, 3.8) is 0 Å². The van der Waals surface area contributed by atoms with Crippen molar-refractivity contribution in [1.29, 1.82) is 0 Å². The highest BCUT2D eigenvalue weighted by Crippen LogP contribution is 2.32. The number of rotatable bonds is 4. The zero-order valence-corrected chi connectivity index (χ0v) is 12.0. The van der Waals surface area contributed by atoms with Gasteiger partial charge in [0.05, 0.1) is 0 Å². The second-order valence-corrected chi connectivity index (χ2v) is 6.07. The Balaban J connectivity index is 1.59. The minimum atomic E-state index is -0.163. The third-order valence-corrected chi connectivity index (χ3v) is 4.35. The van der Waals surface area contributed by atoms with E-state index in [1.54, 1.807) is 0 Å². The molecular formula is C17H23NO2. The zero-order chi connectivity index (χ0) is 13.8. The van der Waals surface area contributed by atoms with Crippen LogP contribution in [0.4, 0.5) is 4.79 Å². The number of carbonyl (C=O) groups excluding carboxylic acids is 1. The van der Waals surface area contributed by atoms with Gasteiger partial charge in [-0.2, -0.15) is 0 Å². The van der Waals surface area contributed by atoms with Gasteiger partial charge in [0.2, 0.25) is 0 Å². The van der Waals surface area contributed by atoms with Crippen LogP contribution in [0.5, 0.6) is 5.75 Å². The van der Waals surface area contributed by atoms with Crippen LogP contribution in [0, 0.1) is 5.92 Å². The molecule has 20 heavy (non-hydrogen) atoms. The van der Waals surface area contributed by atoms with Gasteiger partial charge in [-0.15, -0.1) is 0 Å². The van der Waals surface area contributed by atoms with Crippen LogP contribution in [0.15, 0.2) is 30.3 Å². The molecule has 3 nitrogen and oxygen atoms in total.